The Bertz CT molecular complexity index is 1190. The molecule has 0 saturated heterocycles. The van der Waals surface area contributed by atoms with Gasteiger partial charge in [-0.25, -0.2) is 0 Å². The molecular weight excluding hydrogens is 392 g/mol. The highest BCUT2D eigenvalue weighted by Gasteiger charge is 2.24. The molecule has 0 unspecified atom stereocenters. The number of carbonyl (C=O) groups excluding carboxylic acids is 1. The summed E-state index contributed by atoms with van der Waals surface area (Å²) in [6.07, 6.45) is 2.08. The minimum atomic E-state index is -0.288. The number of benzene rings is 2. The second kappa shape index (κ2) is 8.95. The topological polar surface area (TPSA) is 85.3 Å². The van der Waals surface area contributed by atoms with Crippen LogP contribution >= 0.6 is 11.3 Å². The number of hydrogen-bond donors (Lipinski definition) is 3. The van der Waals surface area contributed by atoms with Crippen LogP contribution in [0, 0.1) is 11.3 Å². The van der Waals surface area contributed by atoms with Gasteiger partial charge < -0.3 is 15.6 Å². The smallest absolute Gasteiger partial charge is 0.282 e. The number of aromatic nitrogens is 1. The first kappa shape index (κ1) is 19.9. The van der Waals surface area contributed by atoms with E-state index in [1.807, 2.05) is 19.1 Å². The molecule has 0 spiro atoms. The second-order valence-electron chi connectivity index (χ2n) is 7.26. The van der Waals surface area contributed by atoms with Gasteiger partial charge >= 0.3 is 0 Å². The Kier molecular flexibility index (Phi) is 5.94. The molecule has 0 saturated carbocycles. The second-order valence-corrected chi connectivity index (χ2v) is 8.24. The van der Waals surface area contributed by atoms with Crippen LogP contribution in [0.1, 0.15) is 28.8 Å². The van der Waals surface area contributed by atoms with Crippen LogP contribution in [0.25, 0.3) is 10.9 Å². The van der Waals surface area contributed by atoms with Crippen molar-refractivity contribution in [3.63, 3.8) is 0 Å². The van der Waals surface area contributed by atoms with Gasteiger partial charge in [0.25, 0.3) is 5.91 Å². The molecule has 0 aliphatic carbocycles. The molecule has 2 aromatic heterocycles. The standard InChI is InChI=1S/C24H22N4OS/c1-16(24(29)28-21-9-4-2-7-17(21)13-25)26-15-20(23-11-6-12-30-23)19-14-27-22-10-5-3-8-18(19)22/h2-12,14,16,20,26-27H,15H2,1H3,(H,28,29)/p+1/t16-,20-/m1/s1. The maximum atomic E-state index is 12.7. The molecule has 4 rings (SSSR count). The monoisotopic (exact) mass is 415 g/mol. The third-order valence-corrected chi connectivity index (χ3v) is 6.31. The van der Waals surface area contributed by atoms with E-state index in [2.05, 4.69) is 63.6 Å². The average Bonchev–Trinajstić information content (AvgIpc) is 3.45. The lowest BCUT2D eigenvalue weighted by Crippen LogP contribution is -2.92. The molecule has 0 bridgehead atoms. The molecule has 0 aliphatic rings. The van der Waals surface area contributed by atoms with Gasteiger partial charge in [0, 0.05) is 22.0 Å². The molecule has 0 radical (unpaired) electrons. The number of aromatic amines is 1. The summed E-state index contributed by atoms with van der Waals surface area (Å²) in [5, 5.41) is 17.5. The van der Waals surface area contributed by atoms with E-state index in [1.54, 1.807) is 29.5 Å². The van der Waals surface area contributed by atoms with Crippen molar-refractivity contribution in [2.45, 2.75) is 18.9 Å². The van der Waals surface area contributed by atoms with Crippen molar-refractivity contribution in [1.82, 2.24) is 4.98 Å². The van der Waals surface area contributed by atoms with E-state index in [0.29, 0.717) is 11.3 Å². The van der Waals surface area contributed by atoms with Crippen LogP contribution in [0.15, 0.2) is 72.2 Å². The Hall–Kier alpha value is -3.40. The molecule has 0 fully saturated rings. The van der Waals surface area contributed by atoms with Crippen molar-refractivity contribution in [2.24, 2.45) is 0 Å². The summed E-state index contributed by atoms with van der Waals surface area (Å²) >= 11 is 1.73. The Morgan fingerprint density at radius 3 is 2.77 bits per heavy atom. The molecule has 1 amide bonds. The lowest BCUT2D eigenvalue weighted by Gasteiger charge is -2.17. The summed E-state index contributed by atoms with van der Waals surface area (Å²) in [7, 11) is 0. The number of quaternary nitrogens is 1. The number of nitrogens with zero attached hydrogens (tertiary/aromatic N) is 1. The largest absolute Gasteiger partial charge is 0.361 e. The minimum absolute atomic E-state index is 0.110. The number of para-hydroxylation sites is 2. The normalized spacial score (nSPS) is 12.9. The highest BCUT2D eigenvalue weighted by molar-refractivity contribution is 7.10. The van der Waals surface area contributed by atoms with Crippen LogP contribution in [0.3, 0.4) is 0 Å². The van der Waals surface area contributed by atoms with Crippen LogP contribution in [0.4, 0.5) is 5.69 Å². The SMILES string of the molecule is C[C@@H]([NH2+]C[C@@H](c1cccs1)c1c[nH]c2ccccc12)C(=O)Nc1ccccc1C#N. The van der Waals surface area contributed by atoms with Gasteiger partial charge in [-0.3, -0.25) is 4.79 Å². The number of hydrogen-bond acceptors (Lipinski definition) is 3. The van der Waals surface area contributed by atoms with Crippen LogP contribution < -0.4 is 10.6 Å². The van der Waals surface area contributed by atoms with Crippen molar-refractivity contribution in [1.29, 1.82) is 5.26 Å². The van der Waals surface area contributed by atoms with Crippen LogP contribution in [0.2, 0.25) is 0 Å². The van der Waals surface area contributed by atoms with Gasteiger partial charge in [-0.1, -0.05) is 36.4 Å². The number of anilines is 1. The van der Waals surface area contributed by atoms with Crippen molar-refractivity contribution in [3.8, 4) is 6.07 Å². The molecule has 2 aromatic carbocycles. The number of nitriles is 1. The molecule has 0 aliphatic heterocycles. The molecular formula is C24H23N4OS+. The molecule has 4 aromatic rings. The van der Waals surface area contributed by atoms with Crippen molar-refractivity contribution < 1.29 is 10.1 Å². The van der Waals surface area contributed by atoms with Gasteiger partial charge in [0.05, 0.1) is 23.7 Å². The predicted octanol–water partition coefficient (Wildman–Crippen LogP) is 3.82. The predicted molar refractivity (Wildman–Crippen MR) is 121 cm³/mol. The number of thiophene rings is 1. The fraction of sp³-hybridized carbons (Fsp3) is 0.167. The third-order valence-electron chi connectivity index (χ3n) is 5.33. The van der Waals surface area contributed by atoms with Gasteiger partial charge in [0.2, 0.25) is 0 Å². The number of nitrogens with two attached hydrogens (primary N) is 1. The van der Waals surface area contributed by atoms with Gasteiger partial charge in [-0.2, -0.15) is 5.26 Å². The van der Waals surface area contributed by atoms with Gasteiger partial charge in [0.15, 0.2) is 6.04 Å². The Balaban J connectivity index is 1.50. The first-order chi connectivity index (χ1) is 14.7. The van der Waals surface area contributed by atoms with Crippen LogP contribution in [-0.2, 0) is 4.79 Å². The zero-order valence-electron chi connectivity index (χ0n) is 16.6. The van der Waals surface area contributed by atoms with E-state index in [9.17, 15) is 10.1 Å². The highest BCUT2D eigenvalue weighted by atomic mass is 32.1. The van der Waals surface area contributed by atoms with E-state index in [-0.39, 0.29) is 17.9 Å². The molecule has 150 valence electrons. The molecule has 4 N–H and O–H groups in total. The summed E-state index contributed by atoms with van der Waals surface area (Å²) in [6, 6.07) is 21.4. The molecule has 5 nitrogen and oxygen atoms in total. The van der Waals surface area contributed by atoms with E-state index in [4.69, 9.17) is 0 Å². The minimum Gasteiger partial charge on any atom is -0.361 e. The van der Waals surface area contributed by atoms with E-state index >= 15 is 0 Å². The summed E-state index contributed by atoms with van der Waals surface area (Å²) in [5.41, 5.74) is 3.38. The van der Waals surface area contributed by atoms with Crippen LogP contribution in [0.5, 0.6) is 0 Å². The van der Waals surface area contributed by atoms with E-state index in [1.165, 1.54) is 15.8 Å². The number of fused-ring (bicyclic) bond motifs is 1. The number of nitrogens with one attached hydrogen (secondary N) is 2. The zero-order chi connectivity index (χ0) is 20.9. The summed E-state index contributed by atoms with van der Waals surface area (Å²) in [5.74, 6) is 0.0735. The van der Waals surface area contributed by atoms with Crippen LogP contribution in [-0.4, -0.2) is 23.5 Å². The fourth-order valence-corrected chi connectivity index (χ4v) is 4.51. The van der Waals surface area contributed by atoms with E-state index < -0.39 is 0 Å². The van der Waals surface area contributed by atoms with Gasteiger partial charge in [0.1, 0.15) is 6.07 Å². The Morgan fingerprint density at radius 2 is 1.97 bits per heavy atom. The first-order valence-electron chi connectivity index (χ1n) is 9.90. The summed E-state index contributed by atoms with van der Waals surface area (Å²) in [6.45, 7) is 2.64. The maximum absolute atomic E-state index is 12.7. The molecule has 2 atom stereocenters. The number of rotatable bonds is 7. The molecule has 6 heteroatoms. The highest BCUT2D eigenvalue weighted by Crippen LogP contribution is 2.32. The summed E-state index contributed by atoms with van der Waals surface area (Å²) < 4.78 is 0. The number of amides is 1. The Morgan fingerprint density at radius 1 is 1.17 bits per heavy atom. The summed E-state index contributed by atoms with van der Waals surface area (Å²) in [4.78, 5) is 17.4. The van der Waals surface area contributed by atoms with Gasteiger partial charge in [-0.15, -0.1) is 11.3 Å². The quantitative estimate of drug-likeness (QED) is 0.429. The molecule has 30 heavy (non-hydrogen) atoms. The molecule has 2 heterocycles. The van der Waals surface area contributed by atoms with Gasteiger partial charge in [-0.05, 0) is 42.1 Å². The first-order valence-corrected chi connectivity index (χ1v) is 10.8. The average molecular weight is 416 g/mol. The number of H-pyrrole nitrogens is 1. The lowest BCUT2D eigenvalue weighted by molar-refractivity contribution is -0.674. The van der Waals surface area contributed by atoms with Crippen molar-refractivity contribution >= 4 is 33.8 Å². The fourth-order valence-electron chi connectivity index (χ4n) is 3.65. The number of carbonyl (C=O) groups is 1. The lowest BCUT2D eigenvalue weighted by atomic mass is 9.96. The maximum Gasteiger partial charge on any atom is 0.282 e. The van der Waals surface area contributed by atoms with Crippen molar-refractivity contribution in [3.05, 3.63) is 88.2 Å². The van der Waals surface area contributed by atoms with Crippen molar-refractivity contribution in [2.75, 3.05) is 11.9 Å². The zero-order valence-corrected chi connectivity index (χ0v) is 17.4. The van der Waals surface area contributed by atoms with E-state index in [0.717, 1.165) is 12.1 Å². The third kappa shape index (κ3) is 4.13. The Labute approximate surface area is 179 Å².